The van der Waals surface area contributed by atoms with Gasteiger partial charge in [-0.2, -0.15) is 0 Å². The maximum absolute atomic E-state index is 12.6. The zero-order chi connectivity index (χ0) is 17.9. The predicted molar refractivity (Wildman–Crippen MR) is 97.5 cm³/mol. The molecule has 3 amide bonds. The first kappa shape index (κ1) is 18.0. The van der Waals surface area contributed by atoms with E-state index >= 15 is 0 Å². The average Bonchev–Trinajstić information content (AvgIpc) is 2.79. The van der Waals surface area contributed by atoms with E-state index in [9.17, 15) is 9.59 Å². The molecule has 2 saturated heterocycles. The Balaban J connectivity index is 1.61. The van der Waals surface area contributed by atoms with E-state index in [4.69, 9.17) is 11.6 Å². The summed E-state index contributed by atoms with van der Waals surface area (Å²) in [6, 6.07) is 7.42. The second kappa shape index (κ2) is 7.62. The van der Waals surface area contributed by atoms with Gasteiger partial charge in [-0.25, -0.2) is 4.79 Å². The van der Waals surface area contributed by atoms with Crippen LogP contribution in [0, 0.1) is 0 Å². The average molecular weight is 365 g/mol. The summed E-state index contributed by atoms with van der Waals surface area (Å²) in [6.45, 7) is 3.33. The van der Waals surface area contributed by atoms with E-state index in [-0.39, 0.29) is 17.5 Å². The minimum atomic E-state index is -0.116. The third kappa shape index (κ3) is 4.25. The number of nitrogens with zero attached hydrogens (tertiary/aromatic N) is 2. The first-order chi connectivity index (χ1) is 12.0. The molecule has 1 unspecified atom stereocenters. The van der Waals surface area contributed by atoms with Gasteiger partial charge in [0.1, 0.15) is 0 Å². The van der Waals surface area contributed by atoms with Gasteiger partial charge in [-0.3, -0.25) is 9.69 Å². The van der Waals surface area contributed by atoms with Gasteiger partial charge in [0.15, 0.2) is 0 Å². The molecule has 2 fully saturated rings. The number of carbonyl (C=O) groups is 2. The van der Waals surface area contributed by atoms with Crippen molar-refractivity contribution in [3.8, 4) is 0 Å². The van der Waals surface area contributed by atoms with Crippen LogP contribution in [0.3, 0.4) is 0 Å². The molecule has 2 aliphatic rings. The minimum absolute atomic E-state index is 0.0500. The van der Waals surface area contributed by atoms with Gasteiger partial charge in [-0.1, -0.05) is 23.7 Å². The first-order valence-corrected chi connectivity index (χ1v) is 9.11. The number of benzene rings is 1. The van der Waals surface area contributed by atoms with Crippen molar-refractivity contribution < 1.29 is 9.59 Å². The quantitative estimate of drug-likeness (QED) is 0.841. The van der Waals surface area contributed by atoms with E-state index in [0.29, 0.717) is 37.6 Å². The standard InChI is InChI=1S/C18H25ClN4O2/c1-22-10-11-23(13-18(22)7-6-16(24)20-9-8-18)17(25)21-12-14-2-4-15(19)5-3-14/h2-5H,6-13H2,1H3,(H,20,24)(H,21,25). The molecule has 0 aromatic heterocycles. The van der Waals surface area contributed by atoms with E-state index in [1.165, 1.54) is 0 Å². The Morgan fingerprint density at radius 3 is 2.80 bits per heavy atom. The Hall–Kier alpha value is -1.79. The molecule has 6 nitrogen and oxygen atoms in total. The molecule has 0 saturated carbocycles. The molecule has 2 heterocycles. The van der Waals surface area contributed by atoms with Crippen molar-refractivity contribution >= 4 is 23.5 Å². The fourth-order valence-electron chi connectivity index (χ4n) is 3.66. The number of urea groups is 1. The van der Waals surface area contributed by atoms with Gasteiger partial charge < -0.3 is 15.5 Å². The van der Waals surface area contributed by atoms with E-state index in [2.05, 4.69) is 22.6 Å². The summed E-state index contributed by atoms with van der Waals surface area (Å²) >= 11 is 5.89. The number of hydrogen-bond acceptors (Lipinski definition) is 3. The summed E-state index contributed by atoms with van der Waals surface area (Å²) < 4.78 is 0. The molecule has 0 radical (unpaired) electrons. The fourth-order valence-corrected chi connectivity index (χ4v) is 3.79. The lowest BCUT2D eigenvalue weighted by Gasteiger charge is -2.49. The lowest BCUT2D eigenvalue weighted by atomic mass is 9.86. The number of amides is 3. The Morgan fingerprint density at radius 1 is 1.28 bits per heavy atom. The van der Waals surface area contributed by atoms with Crippen molar-refractivity contribution in [1.29, 1.82) is 0 Å². The summed E-state index contributed by atoms with van der Waals surface area (Å²) in [7, 11) is 2.10. The SMILES string of the molecule is CN1CCN(C(=O)NCc2ccc(Cl)cc2)CC12CCNC(=O)CC2. The molecule has 1 atom stereocenters. The van der Waals surface area contributed by atoms with E-state index < -0.39 is 0 Å². The molecule has 25 heavy (non-hydrogen) atoms. The topological polar surface area (TPSA) is 64.7 Å². The van der Waals surface area contributed by atoms with Gasteiger partial charge in [0.25, 0.3) is 0 Å². The fraction of sp³-hybridized carbons (Fsp3) is 0.556. The van der Waals surface area contributed by atoms with Crippen molar-refractivity contribution in [2.24, 2.45) is 0 Å². The predicted octanol–water partition coefficient (Wildman–Crippen LogP) is 1.84. The van der Waals surface area contributed by atoms with Gasteiger partial charge in [0.05, 0.1) is 0 Å². The van der Waals surface area contributed by atoms with Crippen LogP contribution in [0.2, 0.25) is 5.02 Å². The monoisotopic (exact) mass is 364 g/mol. The van der Waals surface area contributed by atoms with Crippen LogP contribution in [-0.2, 0) is 11.3 Å². The van der Waals surface area contributed by atoms with Crippen molar-refractivity contribution in [3.63, 3.8) is 0 Å². The molecule has 0 aliphatic carbocycles. The second-order valence-electron chi connectivity index (χ2n) is 6.95. The summed E-state index contributed by atoms with van der Waals surface area (Å²) in [4.78, 5) is 28.5. The van der Waals surface area contributed by atoms with Crippen molar-refractivity contribution in [1.82, 2.24) is 20.4 Å². The molecule has 2 aliphatic heterocycles. The third-order valence-corrected chi connectivity index (χ3v) is 5.63. The number of hydrogen-bond donors (Lipinski definition) is 2. The maximum Gasteiger partial charge on any atom is 0.317 e. The number of rotatable bonds is 2. The van der Waals surface area contributed by atoms with Crippen LogP contribution >= 0.6 is 11.6 Å². The number of halogens is 1. The Bertz CT molecular complexity index is 636. The van der Waals surface area contributed by atoms with Gasteiger partial charge in [0, 0.05) is 49.7 Å². The van der Waals surface area contributed by atoms with E-state index in [0.717, 1.165) is 24.9 Å². The smallest absolute Gasteiger partial charge is 0.317 e. The highest BCUT2D eigenvalue weighted by Gasteiger charge is 2.42. The van der Waals surface area contributed by atoms with Crippen LogP contribution in [0.15, 0.2) is 24.3 Å². The summed E-state index contributed by atoms with van der Waals surface area (Å²) in [5.74, 6) is 0.106. The molecule has 2 N–H and O–H groups in total. The molecule has 0 bridgehead atoms. The number of carbonyl (C=O) groups excluding carboxylic acids is 2. The van der Waals surface area contributed by atoms with Gasteiger partial charge in [-0.15, -0.1) is 0 Å². The van der Waals surface area contributed by atoms with Crippen LogP contribution in [0.25, 0.3) is 0 Å². The second-order valence-corrected chi connectivity index (χ2v) is 7.39. The van der Waals surface area contributed by atoms with Gasteiger partial charge in [-0.05, 0) is 37.6 Å². The number of nitrogens with one attached hydrogen (secondary N) is 2. The van der Waals surface area contributed by atoms with Crippen LogP contribution < -0.4 is 10.6 Å². The van der Waals surface area contributed by atoms with Crippen LogP contribution in [0.4, 0.5) is 4.79 Å². The summed E-state index contributed by atoms with van der Waals surface area (Å²) in [6.07, 6.45) is 2.18. The summed E-state index contributed by atoms with van der Waals surface area (Å²) in [5, 5.41) is 6.62. The van der Waals surface area contributed by atoms with Crippen LogP contribution in [0.1, 0.15) is 24.8 Å². The summed E-state index contributed by atoms with van der Waals surface area (Å²) in [5.41, 5.74) is 0.903. The zero-order valence-electron chi connectivity index (χ0n) is 14.6. The van der Waals surface area contributed by atoms with Gasteiger partial charge >= 0.3 is 6.03 Å². The zero-order valence-corrected chi connectivity index (χ0v) is 15.3. The van der Waals surface area contributed by atoms with Gasteiger partial charge in [0.2, 0.25) is 5.91 Å². The van der Waals surface area contributed by atoms with Crippen molar-refractivity contribution in [2.75, 3.05) is 33.2 Å². The molecule has 136 valence electrons. The molecule has 3 rings (SSSR count). The number of piperazine rings is 1. The molecule has 1 spiro atoms. The Labute approximate surface area is 153 Å². The Kier molecular flexibility index (Phi) is 5.49. The number of likely N-dealkylation sites (N-methyl/N-ethyl adjacent to an activating group) is 1. The molecule has 1 aromatic rings. The highest BCUT2D eigenvalue weighted by atomic mass is 35.5. The first-order valence-electron chi connectivity index (χ1n) is 8.74. The molecule has 1 aromatic carbocycles. The third-order valence-electron chi connectivity index (χ3n) is 5.37. The molecular weight excluding hydrogens is 340 g/mol. The molecule has 7 heteroatoms. The highest BCUT2D eigenvalue weighted by molar-refractivity contribution is 6.30. The Morgan fingerprint density at radius 2 is 2.04 bits per heavy atom. The van der Waals surface area contributed by atoms with Crippen molar-refractivity contribution in [3.05, 3.63) is 34.9 Å². The lowest BCUT2D eigenvalue weighted by Crippen LogP contribution is -2.63. The highest BCUT2D eigenvalue weighted by Crippen LogP contribution is 2.30. The van der Waals surface area contributed by atoms with Crippen LogP contribution in [0.5, 0.6) is 0 Å². The minimum Gasteiger partial charge on any atom is -0.356 e. The largest absolute Gasteiger partial charge is 0.356 e. The lowest BCUT2D eigenvalue weighted by molar-refractivity contribution is -0.121. The van der Waals surface area contributed by atoms with Crippen molar-refractivity contribution in [2.45, 2.75) is 31.3 Å². The maximum atomic E-state index is 12.6. The normalized spacial score (nSPS) is 24.7. The molecular formula is C18H25ClN4O2. The van der Waals surface area contributed by atoms with Crippen LogP contribution in [-0.4, -0.2) is 60.5 Å². The van der Waals surface area contributed by atoms with E-state index in [1.807, 2.05) is 29.2 Å². The van der Waals surface area contributed by atoms with E-state index in [1.54, 1.807) is 0 Å².